The van der Waals surface area contributed by atoms with E-state index in [1.807, 2.05) is 44.2 Å². The van der Waals surface area contributed by atoms with Crippen LogP contribution in [-0.2, 0) is 0 Å². The third kappa shape index (κ3) is 4.49. The molecule has 1 nitrogen and oxygen atoms in total. The highest BCUT2D eigenvalue weighted by Crippen LogP contribution is 2.26. The number of benzene rings is 1. The van der Waals surface area contributed by atoms with Crippen LogP contribution in [-0.4, -0.2) is 5.71 Å². The zero-order chi connectivity index (χ0) is 17.0. The van der Waals surface area contributed by atoms with E-state index >= 15 is 0 Å². The molecule has 0 heterocycles. The predicted octanol–water partition coefficient (Wildman–Crippen LogP) is 6.01. The molecule has 23 heavy (non-hydrogen) atoms. The highest BCUT2D eigenvalue weighted by Gasteiger charge is 2.11. The molecule has 0 saturated carbocycles. The molecular formula is C21H22FN. The Morgan fingerprint density at radius 3 is 2.57 bits per heavy atom. The Kier molecular flexibility index (Phi) is 5.28. The van der Waals surface area contributed by atoms with Crippen LogP contribution in [0.4, 0.5) is 4.39 Å². The van der Waals surface area contributed by atoms with Gasteiger partial charge in [-0.1, -0.05) is 48.6 Å². The second-order valence-corrected chi connectivity index (χ2v) is 6.03. The molecule has 1 aromatic carbocycles. The number of halogens is 1. The average Bonchev–Trinajstić information content (AvgIpc) is 2.65. The monoisotopic (exact) mass is 307 g/mol. The first-order chi connectivity index (χ1) is 10.9. The summed E-state index contributed by atoms with van der Waals surface area (Å²) in [6.45, 7) is 11.7. The molecule has 0 saturated heterocycles. The maximum Gasteiger partial charge on any atom is 0.131 e. The zero-order valence-corrected chi connectivity index (χ0v) is 13.7. The van der Waals surface area contributed by atoms with Crippen LogP contribution >= 0.6 is 0 Å². The van der Waals surface area contributed by atoms with Gasteiger partial charge in [0.2, 0.25) is 0 Å². The van der Waals surface area contributed by atoms with Crippen molar-refractivity contribution in [2.45, 2.75) is 26.7 Å². The fraction of sp³-hybridized carbons (Fsp3) is 0.190. The molecular weight excluding hydrogens is 285 g/mol. The van der Waals surface area contributed by atoms with Crippen molar-refractivity contribution < 1.29 is 4.39 Å². The highest BCUT2D eigenvalue weighted by molar-refractivity contribution is 5.98. The molecule has 0 bridgehead atoms. The lowest BCUT2D eigenvalue weighted by Crippen LogP contribution is -2.01. The maximum atomic E-state index is 14.5. The largest absolute Gasteiger partial charge is 0.305 e. The number of allylic oxidation sites excluding steroid dienone is 8. The Morgan fingerprint density at radius 2 is 1.91 bits per heavy atom. The van der Waals surface area contributed by atoms with Crippen molar-refractivity contribution in [1.82, 2.24) is 0 Å². The molecule has 0 spiro atoms. The minimum Gasteiger partial charge on any atom is -0.305 e. The van der Waals surface area contributed by atoms with Crippen LogP contribution in [0, 0.1) is 11.2 Å². The molecule has 0 aliphatic heterocycles. The molecule has 2 heteroatoms. The number of rotatable bonds is 5. The van der Waals surface area contributed by atoms with Crippen LogP contribution in [0.2, 0.25) is 0 Å². The summed E-state index contributed by atoms with van der Waals surface area (Å²) in [6.07, 6.45) is 8.99. The van der Waals surface area contributed by atoms with Crippen LogP contribution in [0.1, 0.15) is 37.8 Å². The minimum absolute atomic E-state index is 0.307. The first-order valence-electron chi connectivity index (χ1n) is 7.66. The summed E-state index contributed by atoms with van der Waals surface area (Å²) in [6, 6.07) is 5.01. The molecule has 0 fully saturated rings. The van der Waals surface area contributed by atoms with Crippen molar-refractivity contribution in [3.8, 4) is 0 Å². The molecule has 118 valence electrons. The summed E-state index contributed by atoms with van der Waals surface area (Å²) in [5.74, 6) is -0.307. The Morgan fingerprint density at radius 1 is 1.17 bits per heavy atom. The van der Waals surface area contributed by atoms with Crippen LogP contribution in [0.25, 0.3) is 5.57 Å². The van der Waals surface area contributed by atoms with E-state index in [1.165, 1.54) is 6.07 Å². The first kappa shape index (κ1) is 16.9. The molecule has 0 unspecified atom stereocenters. The molecule has 1 aromatic rings. The maximum absolute atomic E-state index is 14.5. The summed E-state index contributed by atoms with van der Waals surface area (Å²) in [7, 11) is 0. The van der Waals surface area contributed by atoms with Crippen molar-refractivity contribution >= 4 is 11.3 Å². The van der Waals surface area contributed by atoms with Crippen molar-refractivity contribution in [2.75, 3.05) is 0 Å². The second-order valence-electron chi connectivity index (χ2n) is 6.03. The normalized spacial score (nSPS) is 14.1. The van der Waals surface area contributed by atoms with Gasteiger partial charge in [0, 0.05) is 11.3 Å². The second kappa shape index (κ2) is 7.19. The van der Waals surface area contributed by atoms with Gasteiger partial charge in [0.25, 0.3) is 0 Å². The quantitative estimate of drug-likeness (QED) is 0.509. The number of hydrogen-bond acceptors (Lipinski definition) is 1. The molecule has 0 aromatic heterocycles. The topological polar surface area (TPSA) is 23.9 Å². The molecule has 1 N–H and O–H groups in total. The van der Waals surface area contributed by atoms with E-state index in [2.05, 4.69) is 13.2 Å². The Labute approximate surface area is 137 Å². The van der Waals surface area contributed by atoms with Gasteiger partial charge in [-0.05, 0) is 55.0 Å². The fourth-order valence-corrected chi connectivity index (χ4v) is 2.46. The molecule has 0 amide bonds. The van der Waals surface area contributed by atoms with Crippen molar-refractivity contribution in [3.05, 3.63) is 89.3 Å². The van der Waals surface area contributed by atoms with E-state index in [4.69, 9.17) is 5.41 Å². The predicted molar refractivity (Wildman–Crippen MR) is 97.3 cm³/mol. The number of hydrogen-bond donors (Lipinski definition) is 1. The van der Waals surface area contributed by atoms with Crippen LogP contribution < -0.4 is 0 Å². The summed E-state index contributed by atoms with van der Waals surface area (Å²) < 4.78 is 14.5. The minimum atomic E-state index is -0.307. The summed E-state index contributed by atoms with van der Waals surface area (Å²) >= 11 is 0. The molecule has 0 radical (unpaired) electrons. The molecule has 1 aliphatic rings. The third-order valence-electron chi connectivity index (χ3n) is 3.70. The van der Waals surface area contributed by atoms with E-state index in [0.717, 1.165) is 28.7 Å². The van der Waals surface area contributed by atoms with Crippen molar-refractivity contribution in [3.63, 3.8) is 0 Å². The first-order valence-corrected chi connectivity index (χ1v) is 7.66. The smallest absolute Gasteiger partial charge is 0.131 e. The van der Waals surface area contributed by atoms with Crippen molar-refractivity contribution in [2.24, 2.45) is 0 Å². The Balaban J connectivity index is 2.28. The average molecular weight is 307 g/mol. The van der Waals surface area contributed by atoms with Gasteiger partial charge >= 0.3 is 0 Å². The summed E-state index contributed by atoms with van der Waals surface area (Å²) in [4.78, 5) is 0. The lowest BCUT2D eigenvalue weighted by atomic mass is 9.98. The van der Waals surface area contributed by atoms with Crippen LogP contribution in [0.5, 0.6) is 0 Å². The lowest BCUT2D eigenvalue weighted by Gasteiger charge is -2.09. The zero-order valence-electron chi connectivity index (χ0n) is 13.7. The molecule has 2 rings (SSSR count). The van der Waals surface area contributed by atoms with E-state index < -0.39 is 0 Å². The van der Waals surface area contributed by atoms with Gasteiger partial charge in [0.15, 0.2) is 0 Å². The van der Waals surface area contributed by atoms with Crippen molar-refractivity contribution in [1.29, 1.82) is 5.41 Å². The standard InChI is InChI=1S/C21H22FN/c1-14(2)5-10-21(23)18-8-9-19(20(22)13-18)17-7-6-15(3)11-16(4)12-17/h6-9,11-13,23H,1,3,5,10H2,2,4H3. The third-order valence-corrected chi connectivity index (χ3v) is 3.70. The van der Waals surface area contributed by atoms with Gasteiger partial charge in [0.05, 0.1) is 0 Å². The van der Waals surface area contributed by atoms with Gasteiger partial charge in [-0.3, -0.25) is 0 Å². The Bertz CT molecular complexity index is 760. The highest BCUT2D eigenvalue weighted by atomic mass is 19.1. The fourth-order valence-electron chi connectivity index (χ4n) is 2.46. The molecule has 1 aliphatic carbocycles. The Hall–Kier alpha value is -2.48. The van der Waals surface area contributed by atoms with Gasteiger partial charge in [-0.2, -0.15) is 0 Å². The molecule has 0 atom stereocenters. The van der Waals surface area contributed by atoms with Crippen LogP contribution in [0.15, 0.2) is 72.4 Å². The van der Waals surface area contributed by atoms with E-state index in [0.29, 0.717) is 23.3 Å². The lowest BCUT2D eigenvalue weighted by molar-refractivity contribution is 0.624. The summed E-state index contributed by atoms with van der Waals surface area (Å²) in [5, 5.41) is 8.07. The van der Waals surface area contributed by atoms with E-state index in [9.17, 15) is 4.39 Å². The number of nitrogens with one attached hydrogen (secondary N) is 1. The van der Waals surface area contributed by atoms with Gasteiger partial charge in [-0.15, -0.1) is 6.58 Å². The van der Waals surface area contributed by atoms with Gasteiger partial charge in [0.1, 0.15) is 5.82 Å². The SMILES string of the molecule is C=C1C=CC(c2ccc(C(=N)CCC(=C)C)cc2F)=CC(C)=C1. The summed E-state index contributed by atoms with van der Waals surface area (Å²) in [5.41, 5.74) is 5.38. The van der Waals surface area contributed by atoms with Gasteiger partial charge < -0.3 is 5.41 Å². The van der Waals surface area contributed by atoms with E-state index in [-0.39, 0.29) is 5.82 Å². The van der Waals surface area contributed by atoms with Gasteiger partial charge in [-0.25, -0.2) is 4.39 Å². The van der Waals surface area contributed by atoms with E-state index in [1.54, 1.807) is 6.07 Å². The van der Waals surface area contributed by atoms with Crippen LogP contribution in [0.3, 0.4) is 0 Å².